The number of ether oxygens (including phenoxy) is 1. The van der Waals surface area contributed by atoms with Crippen molar-refractivity contribution in [3.8, 4) is 0 Å². The van der Waals surface area contributed by atoms with Crippen LogP contribution in [0.15, 0.2) is 35.5 Å². The summed E-state index contributed by atoms with van der Waals surface area (Å²) in [6.07, 6.45) is 1.28. The van der Waals surface area contributed by atoms with Crippen LogP contribution < -0.4 is 5.32 Å². The second-order valence-corrected chi connectivity index (χ2v) is 7.94. The highest BCUT2D eigenvalue weighted by Crippen LogP contribution is 2.31. The van der Waals surface area contributed by atoms with Crippen LogP contribution in [0.3, 0.4) is 0 Å². The van der Waals surface area contributed by atoms with E-state index in [2.05, 4.69) is 10.2 Å². The van der Waals surface area contributed by atoms with Crippen LogP contribution in [0.2, 0.25) is 0 Å². The highest BCUT2D eigenvalue weighted by atomic mass is 19.1. The number of nitrogens with one attached hydrogen (secondary N) is 1. The Kier molecular flexibility index (Phi) is 7.84. The van der Waals surface area contributed by atoms with E-state index in [1.165, 1.54) is 17.0 Å². The second kappa shape index (κ2) is 10.6. The summed E-state index contributed by atoms with van der Waals surface area (Å²) in [4.78, 5) is 43.3. The fourth-order valence-electron chi connectivity index (χ4n) is 4.12. The Balaban J connectivity index is 1.94. The van der Waals surface area contributed by atoms with Gasteiger partial charge in [0.05, 0.1) is 18.2 Å². The lowest BCUT2D eigenvalue weighted by Gasteiger charge is -2.36. The van der Waals surface area contributed by atoms with Gasteiger partial charge in [0.15, 0.2) is 0 Å². The van der Waals surface area contributed by atoms with Gasteiger partial charge >= 0.3 is 12.0 Å². The van der Waals surface area contributed by atoms with E-state index < -0.39 is 17.8 Å². The van der Waals surface area contributed by atoms with Crippen molar-refractivity contribution in [3.05, 3.63) is 46.9 Å². The predicted molar refractivity (Wildman–Crippen MR) is 117 cm³/mol. The summed E-state index contributed by atoms with van der Waals surface area (Å²) in [6.45, 7) is 6.82. The van der Waals surface area contributed by atoms with Crippen LogP contribution >= 0.6 is 0 Å². The van der Waals surface area contributed by atoms with Gasteiger partial charge in [-0.15, -0.1) is 0 Å². The minimum Gasteiger partial charge on any atom is -0.463 e. The monoisotopic (exact) mass is 446 g/mol. The highest BCUT2D eigenvalue weighted by Gasteiger charge is 2.37. The van der Waals surface area contributed by atoms with Gasteiger partial charge in [-0.05, 0) is 31.0 Å². The summed E-state index contributed by atoms with van der Waals surface area (Å²) in [5, 5.41) is 2.83. The molecule has 1 saturated heterocycles. The SMILES string of the molecule is CCOC(=O)C1=C(CN2CCCN(C(=O)CC)CC2)N(C)C(=O)NC1c1ccc(F)cc1. The summed E-state index contributed by atoms with van der Waals surface area (Å²) >= 11 is 0. The number of rotatable bonds is 6. The third-order valence-electron chi connectivity index (χ3n) is 5.89. The first-order valence-corrected chi connectivity index (χ1v) is 11.1. The Morgan fingerprint density at radius 2 is 1.84 bits per heavy atom. The molecule has 0 radical (unpaired) electrons. The van der Waals surface area contributed by atoms with E-state index in [4.69, 9.17) is 4.74 Å². The van der Waals surface area contributed by atoms with Crippen LogP contribution in [0, 0.1) is 5.82 Å². The Morgan fingerprint density at radius 1 is 1.12 bits per heavy atom. The fourth-order valence-corrected chi connectivity index (χ4v) is 4.12. The molecule has 1 atom stereocenters. The molecule has 9 heteroatoms. The van der Waals surface area contributed by atoms with Crippen LogP contribution in [-0.2, 0) is 14.3 Å². The molecule has 0 bridgehead atoms. The quantitative estimate of drug-likeness (QED) is 0.678. The number of nitrogens with zero attached hydrogens (tertiary/aromatic N) is 3. The van der Waals surface area contributed by atoms with E-state index >= 15 is 0 Å². The zero-order valence-corrected chi connectivity index (χ0v) is 18.9. The maximum Gasteiger partial charge on any atom is 0.338 e. The molecule has 1 aromatic rings. The summed E-state index contributed by atoms with van der Waals surface area (Å²) in [5.41, 5.74) is 1.49. The molecular formula is C23H31FN4O4. The third-order valence-corrected chi connectivity index (χ3v) is 5.89. The lowest BCUT2D eigenvalue weighted by atomic mass is 9.94. The molecule has 8 nitrogen and oxygen atoms in total. The lowest BCUT2D eigenvalue weighted by molar-refractivity contribution is -0.139. The van der Waals surface area contributed by atoms with Crippen LogP contribution in [0.1, 0.15) is 38.3 Å². The van der Waals surface area contributed by atoms with Gasteiger partial charge in [-0.25, -0.2) is 14.0 Å². The summed E-state index contributed by atoms with van der Waals surface area (Å²) in [5.74, 6) is -0.782. The normalized spacial score (nSPS) is 20.1. The topological polar surface area (TPSA) is 82.2 Å². The van der Waals surface area contributed by atoms with Crippen LogP contribution in [0.25, 0.3) is 0 Å². The van der Waals surface area contributed by atoms with Crippen molar-refractivity contribution >= 4 is 17.9 Å². The molecule has 0 spiro atoms. The van der Waals surface area contributed by atoms with Crippen molar-refractivity contribution in [2.45, 2.75) is 32.7 Å². The molecule has 3 rings (SSSR count). The number of benzene rings is 1. The van der Waals surface area contributed by atoms with Gasteiger partial charge in [-0.2, -0.15) is 0 Å². The van der Waals surface area contributed by atoms with E-state index in [0.717, 1.165) is 13.0 Å². The number of halogens is 1. The van der Waals surface area contributed by atoms with Crippen molar-refractivity contribution < 1.29 is 23.5 Å². The van der Waals surface area contributed by atoms with E-state index in [-0.39, 0.29) is 18.5 Å². The van der Waals surface area contributed by atoms with E-state index in [9.17, 15) is 18.8 Å². The average Bonchev–Trinajstić information content (AvgIpc) is 3.02. The molecule has 32 heavy (non-hydrogen) atoms. The van der Waals surface area contributed by atoms with E-state index in [1.807, 2.05) is 11.8 Å². The Morgan fingerprint density at radius 3 is 2.50 bits per heavy atom. The van der Waals surface area contributed by atoms with Gasteiger partial charge in [-0.1, -0.05) is 19.1 Å². The lowest BCUT2D eigenvalue weighted by Crippen LogP contribution is -2.49. The Hall–Kier alpha value is -2.94. The third kappa shape index (κ3) is 5.27. The molecule has 174 valence electrons. The zero-order valence-electron chi connectivity index (χ0n) is 18.9. The van der Waals surface area contributed by atoms with Crippen LogP contribution in [0.4, 0.5) is 9.18 Å². The first-order valence-electron chi connectivity index (χ1n) is 11.1. The van der Waals surface area contributed by atoms with Crippen LogP contribution in [0.5, 0.6) is 0 Å². The number of hydrogen-bond acceptors (Lipinski definition) is 5. The van der Waals surface area contributed by atoms with Crippen molar-refractivity contribution in [1.82, 2.24) is 20.0 Å². The fraction of sp³-hybridized carbons (Fsp3) is 0.522. The number of esters is 1. The molecule has 3 amide bonds. The molecule has 1 unspecified atom stereocenters. The van der Waals surface area contributed by atoms with Gasteiger partial charge in [0, 0.05) is 51.9 Å². The molecule has 2 aliphatic rings. The molecule has 1 fully saturated rings. The largest absolute Gasteiger partial charge is 0.463 e. The first-order chi connectivity index (χ1) is 15.3. The molecule has 1 N–H and O–H groups in total. The predicted octanol–water partition coefficient (Wildman–Crippen LogP) is 2.28. The molecule has 2 aliphatic heterocycles. The number of amides is 3. The maximum atomic E-state index is 13.5. The van der Waals surface area contributed by atoms with Gasteiger partial charge in [0.2, 0.25) is 5.91 Å². The van der Waals surface area contributed by atoms with Crippen molar-refractivity contribution in [1.29, 1.82) is 0 Å². The molecule has 0 aliphatic carbocycles. The number of carbonyl (C=O) groups is 3. The molecule has 0 saturated carbocycles. The number of carbonyl (C=O) groups excluding carboxylic acids is 3. The zero-order chi connectivity index (χ0) is 23.3. The van der Waals surface area contributed by atoms with Gasteiger partial charge in [-0.3, -0.25) is 14.6 Å². The Labute approximate surface area is 188 Å². The van der Waals surface area contributed by atoms with E-state index in [0.29, 0.717) is 49.4 Å². The minimum atomic E-state index is -0.738. The Bertz CT molecular complexity index is 886. The standard InChI is InChI=1S/C23H31FN4O4/c1-4-19(29)28-12-6-11-27(13-14-28)15-18-20(22(30)32-5-2)21(25-23(31)26(18)3)16-7-9-17(24)10-8-16/h7-10,21H,4-6,11-15H2,1-3H3,(H,25,31). The maximum absolute atomic E-state index is 13.5. The summed E-state index contributed by atoms with van der Waals surface area (Å²) < 4.78 is 18.8. The minimum absolute atomic E-state index is 0.129. The molecule has 1 aromatic carbocycles. The smallest absolute Gasteiger partial charge is 0.338 e. The van der Waals surface area contributed by atoms with E-state index in [1.54, 1.807) is 26.1 Å². The van der Waals surface area contributed by atoms with Crippen molar-refractivity contribution in [3.63, 3.8) is 0 Å². The van der Waals surface area contributed by atoms with Crippen molar-refractivity contribution in [2.75, 3.05) is 46.4 Å². The molecule has 0 aromatic heterocycles. The summed E-state index contributed by atoms with van der Waals surface area (Å²) in [7, 11) is 1.62. The molecular weight excluding hydrogens is 415 g/mol. The number of hydrogen-bond donors (Lipinski definition) is 1. The summed E-state index contributed by atoms with van der Waals surface area (Å²) in [6, 6.07) is 4.64. The number of likely N-dealkylation sites (N-methyl/N-ethyl adjacent to an activating group) is 1. The average molecular weight is 447 g/mol. The number of urea groups is 1. The highest BCUT2D eigenvalue weighted by molar-refractivity contribution is 5.95. The van der Waals surface area contributed by atoms with Crippen molar-refractivity contribution in [2.24, 2.45) is 0 Å². The molecule has 2 heterocycles. The van der Waals surface area contributed by atoms with Crippen LogP contribution in [-0.4, -0.2) is 79.0 Å². The second-order valence-electron chi connectivity index (χ2n) is 7.94. The van der Waals surface area contributed by atoms with Gasteiger partial charge in [0.1, 0.15) is 5.82 Å². The van der Waals surface area contributed by atoms with Gasteiger partial charge in [0.25, 0.3) is 0 Å². The van der Waals surface area contributed by atoms with Gasteiger partial charge < -0.3 is 15.0 Å². The first kappa shape index (κ1) is 23.7.